The van der Waals surface area contributed by atoms with Crippen molar-refractivity contribution in [1.29, 1.82) is 0 Å². The van der Waals surface area contributed by atoms with Crippen molar-refractivity contribution in [2.75, 3.05) is 5.75 Å². The number of aromatic nitrogens is 4. The molecule has 0 aliphatic carbocycles. The summed E-state index contributed by atoms with van der Waals surface area (Å²) in [5, 5.41) is 24.6. The lowest BCUT2D eigenvalue weighted by atomic mass is 10.4. The Labute approximate surface area is 103 Å². The van der Waals surface area contributed by atoms with Gasteiger partial charge in [0.25, 0.3) is 0 Å². The van der Waals surface area contributed by atoms with Gasteiger partial charge >= 0.3 is 5.76 Å². The van der Waals surface area contributed by atoms with Crippen LogP contribution in [0, 0.1) is 0 Å². The molecule has 0 aromatic carbocycles. The van der Waals surface area contributed by atoms with Crippen molar-refractivity contribution < 1.29 is 14.3 Å². The number of H-pyrrole nitrogens is 1. The van der Waals surface area contributed by atoms with Gasteiger partial charge < -0.3 is 15.4 Å². The van der Waals surface area contributed by atoms with Crippen molar-refractivity contribution in [2.45, 2.75) is 11.4 Å². The van der Waals surface area contributed by atoms with Crippen LogP contribution in [0.3, 0.4) is 0 Å². The zero-order valence-electron chi connectivity index (χ0n) is 8.86. The van der Waals surface area contributed by atoms with E-state index in [0.29, 0.717) is 17.2 Å². The highest BCUT2D eigenvalue weighted by molar-refractivity contribution is 7.99. The van der Waals surface area contributed by atoms with Crippen LogP contribution in [0.1, 0.15) is 11.6 Å². The quantitative estimate of drug-likeness (QED) is 0.208. The largest absolute Gasteiger partial charge is 0.434 e. The van der Waals surface area contributed by atoms with Gasteiger partial charge in [-0.1, -0.05) is 16.9 Å². The van der Waals surface area contributed by atoms with Crippen LogP contribution >= 0.6 is 11.8 Å². The molecule has 2 heterocycles. The van der Waals surface area contributed by atoms with E-state index in [9.17, 15) is 4.79 Å². The Balaban J connectivity index is 1.95. The lowest BCUT2D eigenvalue weighted by Crippen LogP contribution is -2.14. The van der Waals surface area contributed by atoms with Crippen LogP contribution in [-0.4, -0.2) is 37.3 Å². The van der Waals surface area contributed by atoms with Crippen molar-refractivity contribution in [1.82, 2.24) is 20.5 Å². The fourth-order valence-corrected chi connectivity index (χ4v) is 1.92. The van der Waals surface area contributed by atoms with E-state index < -0.39 is 5.76 Å². The molecule has 11 heteroatoms. The van der Waals surface area contributed by atoms with Crippen molar-refractivity contribution in [3.63, 3.8) is 0 Å². The number of nitrogens with zero attached hydrogens (tertiary/aromatic N) is 4. The molecule has 0 amide bonds. The smallest absolute Gasteiger partial charge is 0.409 e. The predicted molar refractivity (Wildman–Crippen MR) is 58.4 cm³/mol. The summed E-state index contributed by atoms with van der Waals surface area (Å²) in [6.45, 7) is 0. The summed E-state index contributed by atoms with van der Waals surface area (Å²) in [6.07, 6.45) is 0.409. The van der Waals surface area contributed by atoms with E-state index in [0.717, 1.165) is 0 Å². The number of nitrogens with one attached hydrogen (secondary N) is 1. The number of nitrogens with two attached hydrogens (primary N) is 1. The Morgan fingerprint density at radius 3 is 3.06 bits per heavy atom. The highest BCUT2D eigenvalue weighted by Crippen LogP contribution is 2.19. The van der Waals surface area contributed by atoms with Crippen molar-refractivity contribution in [2.24, 2.45) is 10.9 Å². The summed E-state index contributed by atoms with van der Waals surface area (Å²) >= 11 is 1.25. The third-order valence-corrected chi connectivity index (χ3v) is 2.80. The zero-order valence-corrected chi connectivity index (χ0v) is 9.68. The van der Waals surface area contributed by atoms with Gasteiger partial charge in [0.05, 0.1) is 0 Å². The second-order valence-electron chi connectivity index (χ2n) is 3.01. The summed E-state index contributed by atoms with van der Waals surface area (Å²) in [5.74, 6) is 0.00284. The van der Waals surface area contributed by atoms with Crippen LogP contribution in [0.4, 0.5) is 0 Å². The van der Waals surface area contributed by atoms with Crippen molar-refractivity contribution in [3.05, 3.63) is 22.1 Å². The molecule has 96 valence electrons. The van der Waals surface area contributed by atoms with Gasteiger partial charge in [0.15, 0.2) is 16.6 Å². The van der Waals surface area contributed by atoms with Crippen LogP contribution in [0.2, 0.25) is 0 Å². The number of oxime groups is 1. The van der Waals surface area contributed by atoms with E-state index in [-0.39, 0.29) is 17.4 Å². The van der Waals surface area contributed by atoms with E-state index in [1.807, 2.05) is 0 Å². The first kappa shape index (κ1) is 12.2. The van der Waals surface area contributed by atoms with Gasteiger partial charge in [-0.05, 0) is 10.3 Å². The molecule has 2 aromatic heterocycles. The molecule has 4 N–H and O–H groups in total. The van der Waals surface area contributed by atoms with Gasteiger partial charge in [0.1, 0.15) is 0 Å². The minimum atomic E-state index is -0.601. The number of hydrogen-bond acceptors (Lipinski definition) is 9. The fourth-order valence-electron chi connectivity index (χ4n) is 1.08. The summed E-state index contributed by atoms with van der Waals surface area (Å²) in [4.78, 5) is 10.7. The predicted octanol–water partition coefficient (Wildman–Crippen LogP) is -0.825. The number of rotatable bonds is 5. The maximum absolute atomic E-state index is 10.7. The summed E-state index contributed by atoms with van der Waals surface area (Å²) in [6, 6.07) is 0. The van der Waals surface area contributed by atoms with Gasteiger partial charge in [-0.3, -0.25) is 0 Å². The molecular weight excluding hydrogens is 264 g/mol. The third kappa shape index (κ3) is 2.68. The Morgan fingerprint density at radius 2 is 2.39 bits per heavy atom. The van der Waals surface area contributed by atoms with E-state index >= 15 is 0 Å². The Hall–Kier alpha value is -2.30. The van der Waals surface area contributed by atoms with E-state index in [1.54, 1.807) is 0 Å². The molecule has 0 aliphatic heterocycles. The third-order valence-electron chi connectivity index (χ3n) is 1.85. The number of thioether (sulfide) groups is 1. The zero-order chi connectivity index (χ0) is 13.0. The second-order valence-corrected chi connectivity index (χ2v) is 4.09. The maximum Gasteiger partial charge on any atom is 0.434 e. The number of aromatic amines is 1. The monoisotopic (exact) mass is 272 g/mol. The van der Waals surface area contributed by atoms with Crippen LogP contribution < -0.4 is 11.5 Å². The number of amidine groups is 1. The van der Waals surface area contributed by atoms with Gasteiger partial charge in [0.2, 0.25) is 5.89 Å². The van der Waals surface area contributed by atoms with Crippen LogP contribution in [0.5, 0.6) is 0 Å². The maximum atomic E-state index is 10.7. The Morgan fingerprint density at radius 1 is 1.56 bits per heavy atom. The Bertz CT molecular complexity index is 601. The van der Waals surface area contributed by atoms with E-state index in [4.69, 9.17) is 15.4 Å². The molecule has 0 radical (unpaired) electrons. The highest BCUT2D eigenvalue weighted by Gasteiger charge is 2.15. The molecular formula is C7H8N6O4S. The SMILES string of the molecule is N/C(=N\O)c1nonc1SCCc1n[nH]c(=O)o1. The highest BCUT2D eigenvalue weighted by atomic mass is 32.2. The molecule has 0 spiro atoms. The minimum absolute atomic E-state index is 0.158. The second kappa shape index (κ2) is 5.35. The van der Waals surface area contributed by atoms with Gasteiger partial charge in [-0.2, -0.15) is 0 Å². The van der Waals surface area contributed by atoms with Crippen LogP contribution in [-0.2, 0) is 6.42 Å². The first-order valence-corrected chi connectivity index (χ1v) is 5.67. The molecule has 0 bridgehead atoms. The average molecular weight is 272 g/mol. The summed E-state index contributed by atoms with van der Waals surface area (Å²) in [5.41, 5.74) is 5.53. The average Bonchev–Trinajstić information content (AvgIpc) is 2.98. The molecule has 0 aliphatic rings. The molecule has 0 saturated heterocycles. The summed E-state index contributed by atoms with van der Waals surface area (Å²) in [7, 11) is 0. The van der Waals surface area contributed by atoms with Gasteiger partial charge in [0, 0.05) is 12.2 Å². The lowest BCUT2D eigenvalue weighted by Gasteiger charge is -1.95. The molecule has 2 rings (SSSR count). The van der Waals surface area contributed by atoms with Crippen molar-refractivity contribution in [3.8, 4) is 0 Å². The standard InChI is InChI=1S/C7H8N6O4S/c8-5(11-15)4-6(13-17-12-4)18-2-1-3-9-10-7(14)16-3/h15H,1-2H2,(H2,8,11)(H,10,14). The molecule has 18 heavy (non-hydrogen) atoms. The van der Waals surface area contributed by atoms with E-state index in [1.165, 1.54) is 11.8 Å². The molecule has 10 nitrogen and oxygen atoms in total. The first-order chi connectivity index (χ1) is 8.70. The number of hydrogen-bond donors (Lipinski definition) is 3. The molecule has 2 aromatic rings. The normalized spacial score (nSPS) is 11.9. The Kier molecular flexibility index (Phi) is 3.62. The topological polar surface area (TPSA) is 156 Å². The van der Waals surface area contributed by atoms with Gasteiger partial charge in [-0.25, -0.2) is 14.5 Å². The molecule has 0 unspecified atom stereocenters. The molecule has 0 fully saturated rings. The lowest BCUT2D eigenvalue weighted by molar-refractivity contribution is 0.296. The van der Waals surface area contributed by atoms with E-state index in [2.05, 4.69) is 30.3 Å². The number of aryl methyl sites for hydroxylation is 1. The van der Waals surface area contributed by atoms with Crippen LogP contribution in [0.15, 0.2) is 24.0 Å². The van der Waals surface area contributed by atoms with Gasteiger partial charge in [-0.15, -0.1) is 5.10 Å². The fraction of sp³-hybridized carbons (Fsp3) is 0.286. The van der Waals surface area contributed by atoms with Crippen LogP contribution in [0.25, 0.3) is 0 Å². The summed E-state index contributed by atoms with van der Waals surface area (Å²) < 4.78 is 9.21. The molecule has 0 atom stereocenters. The molecule has 0 saturated carbocycles. The minimum Gasteiger partial charge on any atom is -0.409 e. The first-order valence-electron chi connectivity index (χ1n) is 4.68. The van der Waals surface area contributed by atoms with Crippen molar-refractivity contribution >= 4 is 17.6 Å².